The summed E-state index contributed by atoms with van der Waals surface area (Å²) in [5.41, 5.74) is 4.26. The Kier molecular flexibility index (Phi) is 6.14. The van der Waals surface area contributed by atoms with Crippen molar-refractivity contribution in [2.75, 3.05) is 0 Å². The van der Waals surface area contributed by atoms with Crippen molar-refractivity contribution in [2.24, 2.45) is 4.99 Å². The molecular weight excluding hydrogens is 432 g/mol. The standard InChI is InChI=1S/C27H31ClN2OSi/c1-26(2,3)32(4,5)31-27(16-17-27)25-23(28)18-22(19-29-25)30-24(20-12-8-6-9-13-20)21-14-10-7-11-15-21/h6-15,18-19H,16-17H2,1-5H3. The lowest BCUT2D eigenvalue weighted by Gasteiger charge is -2.39. The van der Waals surface area contributed by atoms with Crippen LogP contribution in [0.3, 0.4) is 0 Å². The quantitative estimate of drug-likeness (QED) is 0.275. The second kappa shape index (κ2) is 8.58. The van der Waals surface area contributed by atoms with Crippen molar-refractivity contribution in [1.29, 1.82) is 0 Å². The van der Waals surface area contributed by atoms with Crippen molar-refractivity contribution in [3.63, 3.8) is 0 Å². The molecule has 0 bridgehead atoms. The maximum absolute atomic E-state index is 6.78. The Bertz CT molecular complexity index is 1080. The molecule has 1 aromatic heterocycles. The molecule has 3 aromatic rings. The van der Waals surface area contributed by atoms with Crippen LogP contribution in [-0.2, 0) is 10.0 Å². The van der Waals surface area contributed by atoms with Crippen molar-refractivity contribution < 1.29 is 4.43 Å². The van der Waals surface area contributed by atoms with Crippen LogP contribution in [0.15, 0.2) is 77.9 Å². The molecule has 1 aliphatic rings. The van der Waals surface area contributed by atoms with Crippen LogP contribution in [-0.4, -0.2) is 19.0 Å². The zero-order valence-corrected chi connectivity index (χ0v) is 21.3. The lowest BCUT2D eigenvalue weighted by molar-refractivity contribution is 0.154. The second-order valence-corrected chi connectivity index (χ2v) is 15.2. The molecule has 1 aliphatic carbocycles. The van der Waals surface area contributed by atoms with E-state index >= 15 is 0 Å². The van der Waals surface area contributed by atoms with E-state index in [1.54, 1.807) is 0 Å². The van der Waals surface area contributed by atoms with E-state index in [0.717, 1.165) is 41.1 Å². The van der Waals surface area contributed by atoms with E-state index in [4.69, 9.17) is 26.0 Å². The molecule has 5 heteroatoms. The number of pyridine rings is 1. The molecule has 0 amide bonds. The topological polar surface area (TPSA) is 34.5 Å². The van der Waals surface area contributed by atoms with Crippen LogP contribution in [0, 0.1) is 0 Å². The molecule has 0 unspecified atom stereocenters. The van der Waals surface area contributed by atoms with Gasteiger partial charge in [-0.15, -0.1) is 0 Å². The highest BCUT2D eigenvalue weighted by molar-refractivity contribution is 6.74. The van der Waals surface area contributed by atoms with Gasteiger partial charge in [-0.3, -0.25) is 4.98 Å². The molecule has 1 heterocycles. The highest BCUT2D eigenvalue weighted by Crippen LogP contribution is 2.55. The van der Waals surface area contributed by atoms with Crippen LogP contribution in [0.4, 0.5) is 5.69 Å². The number of rotatable bonds is 6. The van der Waals surface area contributed by atoms with Gasteiger partial charge in [0, 0.05) is 11.1 Å². The van der Waals surface area contributed by atoms with Gasteiger partial charge in [-0.1, -0.05) is 93.0 Å². The van der Waals surface area contributed by atoms with E-state index in [9.17, 15) is 0 Å². The summed E-state index contributed by atoms with van der Waals surface area (Å²) in [4.78, 5) is 9.73. The Morgan fingerprint density at radius 2 is 1.50 bits per heavy atom. The van der Waals surface area contributed by atoms with Gasteiger partial charge in [-0.05, 0) is 37.0 Å². The summed E-state index contributed by atoms with van der Waals surface area (Å²) in [6, 6.07) is 22.3. The van der Waals surface area contributed by atoms with Crippen molar-refractivity contribution in [3.8, 4) is 0 Å². The van der Waals surface area contributed by atoms with Gasteiger partial charge in [-0.2, -0.15) is 0 Å². The lowest BCUT2D eigenvalue weighted by atomic mass is 10.0. The number of aromatic nitrogens is 1. The van der Waals surface area contributed by atoms with Crippen LogP contribution in [0.2, 0.25) is 23.2 Å². The Morgan fingerprint density at radius 3 is 1.94 bits per heavy atom. The number of hydrogen-bond donors (Lipinski definition) is 0. The number of halogens is 1. The highest BCUT2D eigenvalue weighted by Gasteiger charge is 2.54. The summed E-state index contributed by atoms with van der Waals surface area (Å²) in [5, 5.41) is 0.766. The van der Waals surface area contributed by atoms with E-state index in [0.29, 0.717) is 5.02 Å². The molecule has 0 saturated heterocycles. The smallest absolute Gasteiger partial charge is 0.193 e. The molecule has 0 spiro atoms. The van der Waals surface area contributed by atoms with Crippen LogP contribution in [0.5, 0.6) is 0 Å². The maximum atomic E-state index is 6.78. The summed E-state index contributed by atoms with van der Waals surface area (Å²) in [5.74, 6) is 0. The van der Waals surface area contributed by atoms with E-state index in [2.05, 4.69) is 58.1 Å². The molecule has 4 rings (SSSR count). The van der Waals surface area contributed by atoms with Crippen molar-refractivity contribution in [2.45, 2.75) is 57.3 Å². The van der Waals surface area contributed by atoms with Gasteiger partial charge in [-0.25, -0.2) is 4.99 Å². The summed E-state index contributed by atoms with van der Waals surface area (Å²) in [6.45, 7) is 11.3. The average Bonchev–Trinajstić information content (AvgIpc) is 3.52. The molecule has 3 nitrogen and oxygen atoms in total. The minimum Gasteiger partial charge on any atom is -0.406 e. The molecule has 1 fully saturated rings. The van der Waals surface area contributed by atoms with Gasteiger partial charge in [0.1, 0.15) is 5.60 Å². The number of hydrogen-bond acceptors (Lipinski definition) is 3. The third-order valence-electron chi connectivity index (χ3n) is 6.55. The molecule has 32 heavy (non-hydrogen) atoms. The fourth-order valence-electron chi connectivity index (χ4n) is 3.58. The normalized spacial score (nSPS) is 15.3. The van der Waals surface area contributed by atoms with E-state index in [1.165, 1.54) is 0 Å². The Balaban J connectivity index is 1.69. The second-order valence-electron chi connectivity index (χ2n) is 10.1. The van der Waals surface area contributed by atoms with E-state index < -0.39 is 8.32 Å². The van der Waals surface area contributed by atoms with Gasteiger partial charge in [0.15, 0.2) is 8.32 Å². The molecule has 2 aromatic carbocycles. The minimum absolute atomic E-state index is 0.138. The minimum atomic E-state index is -1.94. The van der Waals surface area contributed by atoms with Crippen LogP contribution in [0.1, 0.15) is 50.4 Å². The third-order valence-corrected chi connectivity index (χ3v) is 11.4. The molecule has 0 atom stereocenters. The van der Waals surface area contributed by atoms with Gasteiger partial charge in [0.25, 0.3) is 0 Å². The van der Waals surface area contributed by atoms with Crippen LogP contribution >= 0.6 is 11.6 Å². The van der Waals surface area contributed by atoms with Crippen molar-refractivity contribution in [3.05, 3.63) is 94.8 Å². The van der Waals surface area contributed by atoms with Crippen molar-refractivity contribution >= 4 is 31.3 Å². The molecular formula is C27H31ClN2OSi. The van der Waals surface area contributed by atoms with Crippen LogP contribution < -0.4 is 0 Å². The molecule has 0 N–H and O–H groups in total. The summed E-state index contributed by atoms with van der Waals surface area (Å²) < 4.78 is 6.78. The van der Waals surface area contributed by atoms with Gasteiger partial charge >= 0.3 is 0 Å². The van der Waals surface area contributed by atoms with E-state index in [-0.39, 0.29) is 10.6 Å². The average molecular weight is 463 g/mol. The Morgan fingerprint density at radius 1 is 0.969 bits per heavy atom. The molecule has 0 aliphatic heterocycles. The first-order valence-corrected chi connectivity index (χ1v) is 14.5. The van der Waals surface area contributed by atoms with Gasteiger partial charge < -0.3 is 4.43 Å². The first kappa shape index (κ1) is 22.9. The Labute approximate surface area is 197 Å². The largest absolute Gasteiger partial charge is 0.406 e. The SMILES string of the molecule is CC(C)(C)[Si](C)(C)OC1(c2ncc(N=C(c3ccccc3)c3ccccc3)cc2Cl)CC1. The lowest BCUT2D eigenvalue weighted by Crippen LogP contribution is -2.44. The summed E-state index contributed by atoms with van der Waals surface area (Å²) >= 11 is 6.78. The number of nitrogens with zero attached hydrogens (tertiary/aromatic N) is 2. The first-order chi connectivity index (χ1) is 15.1. The fourth-order valence-corrected chi connectivity index (χ4v) is 5.50. The number of benzene rings is 2. The van der Waals surface area contributed by atoms with Gasteiger partial charge in [0.05, 0.1) is 28.3 Å². The molecule has 0 radical (unpaired) electrons. The maximum Gasteiger partial charge on any atom is 0.193 e. The Hall–Kier alpha value is -2.27. The van der Waals surface area contributed by atoms with E-state index in [1.807, 2.05) is 48.7 Å². The number of aliphatic imine (C=N–C) groups is 1. The highest BCUT2D eigenvalue weighted by atomic mass is 35.5. The fraction of sp³-hybridized carbons (Fsp3) is 0.333. The zero-order valence-electron chi connectivity index (χ0n) is 19.5. The monoisotopic (exact) mass is 462 g/mol. The zero-order chi connectivity index (χ0) is 23.0. The summed E-state index contributed by atoms with van der Waals surface area (Å²) in [6.07, 6.45) is 3.75. The molecule has 1 saturated carbocycles. The third kappa shape index (κ3) is 4.73. The molecule has 166 valence electrons. The van der Waals surface area contributed by atoms with Crippen molar-refractivity contribution in [1.82, 2.24) is 4.98 Å². The predicted molar refractivity (Wildman–Crippen MR) is 137 cm³/mol. The first-order valence-electron chi connectivity index (χ1n) is 11.2. The summed E-state index contributed by atoms with van der Waals surface area (Å²) in [7, 11) is -1.94. The van der Waals surface area contributed by atoms with Gasteiger partial charge in [0.2, 0.25) is 0 Å². The predicted octanol–water partition coefficient (Wildman–Crippen LogP) is 7.92. The van der Waals surface area contributed by atoms with Crippen LogP contribution in [0.25, 0.3) is 0 Å².